The summed E-state index contributed by atoms with van der Waals surface area (Å²) in [5.41, 5.74) is 3.02. The van der Waals surface area contributed by atoms with Crippen LogP contribution in [0.4, 0.5) is 10.5 Å². The van der Waals surface area contributed by atoms with Gasteiger partial charge in [0.1, 0.15) is 5.75 Å². The molecule has 2 amide bonds. The number of fused-ring (bicyclic) bond motifs is 2. The molecular weight excluding hydrogens is 446 g/mol. The second-order valence-electron chi connectivity index (χ2n) is 8.98. The molecule has 2 aliphatic heterocycles. The van der Waals surface area contributed by atoms with Crippen molar-refractivity contribution in [2.24, 2.45) is 11.8 Å². The summed E-state index contributed by atoms with van der Waals surface area (Å²) in [6.45, 7) is 4.58. The highest BCUT2D eigenvalue weighted by molar-refractivity contribution is 7.20. The third kappa shape index (κ3) is 4.47. The van der Waals surface area contributed by atoms with Crippen LogP contribution in [-0.2, 0) is 6.54 Å². The number of aromatic nitrogens is 2. The number of likely N-dealkylation sites (tertiary alicyclic amines) is 2. The number of para-hydroxylation sites is 1. The molecule has 34 heavy (non-hydrogen) atoms. The lowest BCUT2D eigenvalue weighted by Gasteiger charge is -2.22. The topological polar surface area (TPSA) is 70.6 Å². The maximum Gasteiger partial charge on any atom is 0.321 e. The Morgan fingerprint density at radius 2 is 1.71 bits per heavy atom. The van der Waals surface area contributed by atoms with Crippen molar-refractivity contribution in [1.82, 2.24) is 19.8 Å². The zero-order valence-corrected chi connectivity index (χ0v) is 19.4. The predicted molar refractivity (Wildman–Crippen MR) is 133 cm³/mol. The molecule has 0 radical (unpaired) electrons. The van der Waals surface area contributed by atoms with Gasteiger partial charge in [0.15, 0.2) is 0 Å². The van der Waals surface area contributed by atoms with Crippen LogP contribution in [0.15, 0.2) is 73.1 Å². The fraction of sp³-hybridized carbons (Fsp3) is 0.269. The van der Waals surface area contributed by atoms with Gasteiger partial charge >= 0.3 is 6.03 Å². The molecule has 2 saturated heterocycles. The van der Waals surface area contributed by atoms with E-state index in [0.717, 1.165) is 54.4 Å². The second-order valence-corrected chi connectivity index (χ2v) is 9.97. The van der Waals surface area contributed by atoms with E-state index in [9.17, 15) is 4.79 Å². The Kier molecular flexibility index (Phi) is 5.60. The first kappa shape index (κ1) is 21.1. The van der Waals surface area contributed by atoms with Gasteiger partial charge in [-0.05, 0) is 53.8 Å². The Balaban J connectivity index is 1.01. The number of ether oxygens (including phenoxy) is 1. The summed E-state index contributed by atoms with van der Waals surface area (Å²) in [6, 6.07) is 20.0. The van der Waals surface area contributed by atoms with Gasteiger partial charge in [-0.2, -0.15) is 0 Å². The molecule has 2 aromatic heterocycles. The smallest absolute Gasteiger partial charge is 0.321 e. The standard InChI is InChI=1S/C26H25N5O2S/c32-25(28-21-9-11-27-12-10-21)31-16-19-14-30(15-20(19)17-31)13-18-5-7-22(8-6-18)33-26-29-23-3-1-2-4-24(23)34-26/h1-12,19-20H,13-17H2,(H,27,28,32). The highest BCUT2D eigenvalue weighted by atomic mass is 32.1. The van der Waals surface area contributed by atoms with Gasteiger partial charge in [0, 0.05) is 50.8 Å². The van der Waals surface area contributed by atoms with Crippen LogP contribution in [0.1, 0.15) is 5.56 Å². The summed E-state index contributed by atoms with van der Waals surface area (Å²) in [4.78, 5) is 25.6. The highest BCUT2D eigenvalue weighted by Crippen LogP contribution is 2.33. The normalized spacial score (nSPS) is 19.9. The first-order valence-electron chi connectivity index (χ1n) is 11.5. The van der Waals surface area contributed by atoms with Crippen molar-refractivity contribution in [3.63, 3.8) is 0 Å². The lowest BCUT2D eigenvalue weighted by Crippen LogP contribution is -2.36. The third-order valence-corrected chi connectivity index (χ3v) is 7.50. The summed E-state index contributed by atoms with van der Waals surface area (Å²) in [5.74, 6) is 1.87. The van der Waals surface area contributed by atoms with Crippen molar-refractivity contribution in [2.45, 2.75) is 6.54 Å². The van der Waals surface area contributed by atoms with Crippen molar-refractivity contribution in [3.05, 3.63) is 78.6 Å². The molecule has 2 aromatic carbocycles. The van der Waals surface area contributed by atoms with Crippen molar-refractivity contribution in [2.75, 3.05) is 31.5 Å². The van der Waals surface area contributed by atoms with Gasteiger partial charge in [-0.15, -0.1) is 0 Å². The van der Waals surface area contributed by atoms with Crippen molar-refractivity contribution in [3.8, 4) is 10.9 Å². The number of amides is 2. The SMILES string of the molecule is O=C(Nc1ccncc1)N1CC2CN(Cc3ccc(Oc4nc5ccccc5s4)cc3)CC2C1. The van der Waals surface area contributed by atoms with E-state index in [1.165, 1.54) is 5.56 Å². The molecule has 0 bridgehead atoms. The van der Waals surface area contributed by atoms with Crippen LogP contribution in [0.5, 0.6) is 10.9 Å². The average molecular weight is 472 g/mol. The van der Waals surface area contributed by atoms with Crippen LogP contribution >= 0.6 is 11.3 Å². The van der Waals surface area contributed by atoms with Crippen molar-refractivity contribution < 1.29 is 9.53 Å². The molecule has 1 N–H and O–H groups in total. The molecule has 0 aliphatic carbocycles. The van der Waals surface area contributed by atoms with E-state index in [-0.39, 0.29) is 6.03 Å². The predicted octanol–water partition coefficient (Wildman–Crippen LogP) is 5.08. The Hall–Kier alpha value is -3.49. The molecule has 4 heterocycles. The Morgan fingerprint density at radius 3 is 2.44 bits per heavy atom. The molecule has 2 aliphatic rings. The molecule has 172 valence electrons. The summed E-state index contributed by atoms with van der Waals surface area (Å²) in [5, 5.41) is 3.64. The quantitative estimate of drug-likeness (QED) is 0.440. The summed E-state index contributed by atoms with van der Waals surface area (Å²) in [6.07, 6.45) is 3.37. The minimum atomic E-state index is -0.0177. The molecule has 7 nitrogen and oxygen atoms in total. The van der Waals surface area contributed by atoms with Crippen molar-refractivity contribution >= 4 is 33.3 Å². The van der Waals surface area contributed by atoms with Gasteiger partial charge in [0.25, 0.3) is 5.19 Å². The minimum Gasteiger partial charge on any atom is -0.431 e. The Bertz CT molecular complexity index is 1250. The number of thiazole rings is 1. The van der Waals surface area contributed by atoms with E-state index >= 15 is 0 Å². The van der Waals surface area contributed by atoms with Gasteiger partial charge in [-0.1, -0.05) is 35.6 Å². The monoisotopic (exact) mass is 471 g/mol. The third-order valence-electron chi connectivity index (χ3n) is 6.59. The molecule has 4 aromatic rings. The largest absolute Gasteiger partial charge is 0.431 e. The fourth-order valence-corrected chi connectivity index (χ4v) is 5.77. The molecule has 6 rings (SSSR count). The van der Waals surface area contributed by atoms with E-state index in [2.05, 4.69) is 38.4 Å². The number of urea groups is 1. The van der Waals surface area contributed by atoms with E-state index in [1.807, 2.05) is 47.4 Å². The van der Waals surface area contributed by atoms with Crippen molar-refractivity contribution in [1.29, 1.82) is 0 Å². The number of hydrogen-bond donors (Lipinski definition) is 1. The highest BCUT2D eigenvalue weighted by Gasteiger charge is 2.41. The molecule has 2 unspecified atom stereocenters. The number of pyridine rings is 1. The Morgan fingerprint density at radius 1 is 0.971 bits per heavy atom. The van der Waals surface area contributed by atoms with Gasteiger partial charge in [-0.3, -0.25) is 9.88 Å². The molecule has 8 heteroatoms. The lowest BCUT2D eigenvalue weighted by molar-refractivity contribution is 0.212. The second kappa shape index (κ2) is 9.04. The number of hydrogen-bond acceptors (Lipinski definition) is 6. The zero-order chi connectivity index (χ0) is 22.9. The molecule has 0 saturated carbocycles. The van der Waals surface area contributed by atoms with Gasteiger partial charge < -0.3 is 15.0 Å². The first-order valence-corrected chi connectivity index (χ1v) is 12.3. The van der Waals surface area contributed by atoms with Crippen LogP contribution in [0, 0.1) is 11.8 Å². The van der Waals surface area contributed by atoms with Gasteiger partial charge in [0.05, 0.1) is 10.2 Å². The van der Waals surface area contributed by atoms with E-state index in [1.54, 1.807) is 23.7 Å². The fourth-order valence-electron chi connectivity index (χ4n) is 4.94. The molecule has 2 atom stereocenters. The maximum absolute atomic E-state index is 12.6. The van der Waals surface area contributed by atoms with Gasteiger partial charge in [0.2, 0.25) is 0 Å². The molecule has 2 fully saturated rings. The number of carbonyl (C=O) groups is 1. The number of carbonyl (C=O) groups excluding carboxylic acids is 1. The number of nitrogens with zero attached hydrogens (tertiary/aromatic N) is 4. The van der Waals surface area contributed by atoms with Crippen LogP contribution in [0.2, 0.25) is 0 Å². The number of benzene rings is 2. The molecule has 0 spiro atoms. The van der Waals surface area contributed by atoms with Crippen LogP contribution in [0.3, 0.4) is 0 Å². The lowest BCUT2D eigenvalue weighted by atomic mass is 10.0. The summed E-state index contributed by atoms with van der Waals surface area (Å²) in [7, 11) is 0. The maximum atomic E-state index is 12.6. The number of rotatable bonds is 5. The van der Waals surface area contributed by atoms with E-state index in [4.69, 9.17) is 4.74 Å². The Labute approximate surface area is 202 Å². The summed E-state index contributed by atoms with van der Waals surface area (Å²) >= 11 is 1.56. The van der Waals surface area contributed by atoms with E-state index < -0.39 is 0 Å². The van der Waals surface area contributed by atoms with E-state index in [0.29, 0.717) is 17.0 Å². The summed E-state index contributed by atoms with van der Waals surface area (Å²) < 4.78 is 7.10. The number of nitrogens with one attached hydrogen (secondary N) is 1. The van der Waals surface area contributed by atoms with Crippen LogP contribution in [0.25, 0.3) is 10.2 Å². The zero-order valence-electron chi connectivity index (χ0n) is 18.6. The average Bonchev–Trinajstić information content (AvgIpc) is 3.54. The van der Waals surface area contributed by atoms with Gasteiger partial charge in [-0.25, -0.2) is 9.78 Å². The number of anilines is 1. The minimum absolute atomic E-state index is 0.0177. The first-order chi connectivity index (χ1) is 16.7. The van der Waals surface area contributed by atoms with Crippen LogP contribution in [-0.4, -0.2) is 52.0 Å². The molecular formula is C26H25N5O2S. The van der Waals surface area contributed by atoms with Crippen LogP contribution < -0.4 is 10.1 Å².